The number of amides is 3. The zero-order chi connectivity index (χ0) is 14.5. The first kappa shape index (κ1) is 14.3. The molecule has 0 aromatic heterocycles. The predicted octanol–water partition coefficient (Wildman–Crippen LogP) is 0.901. The van der Waals surface area contributed by atoms with Gasteiger partial charge in [0.15, 0.2) is 6.10 Å². The van der Waals surface area contributed by atoms with Gasteiger partial charge >= 0.3 is 6.03 Å². The Hall–Kier alpha value is -2.08. The minimum absolute atomic E-state index is 0.558. The summed E-state index contributed by atoms with van der Waals surface area (Å²) in [6.07, 6.45) is 1.74. The third kappa shape index (κ3) is 4.55. The van der Waals surface area contributed by atoms with E-state index >= 15 is 0 Å². The molecule has 1 unspecified atom stereocenters. The molecule has 1 aliphatic carbocycles. The molecule has 4 N–H and O–H groups in total. The van der Waals surface area contributed by atoms with Gasteiger partial charge in [0.25, 0.3) is 5.91 Å². The lowest BCUT2D eigenvalue weighted by Crippen LogP contribution is -2.42. The van der Waals surface area contributed by atoms with E-state index in [9.17, 15) is 9.59 Å². The summed E-state index contributed by atoms with van der Waals surface area (Å²) in [5, 5.41) is 5.40. The number of imide groups is 1. The smallest absolute Gasteiger partial charge is 0.318 e. The molecule has 0 radical (unpaired) electrons. The van der Waals surface area contributed by atoms with Crippen LogP contribution in [-0.4, -0.2) is 24.1 Å². The Morgan fingerprint density at radius 1 is 1.35 bits per heavy atom. The van der Waals surface area contributed by atoms with E-state index in [1.54, 1.807) is 19.1 Å². The van der Waals surface area contributed by atoms with Gasteiger partial charge in [0.05, 0.1) is 0 Å². The molecule has 6 heteroatoms. The first-order valence-electron chi connectivity index (χ1n) is 6.64. The Balaban J connectivity index is 1.82. The van der Waals surface area contributed by atoms with Crippen molar-refractivity contribution in [2.45, 2.75) is 38.5 Å². The second kappa shape index (κ2) is 6.38. The maximum atomic E-state index is 11.5. The van der Waals surface area contributed by atoms with Gasteiger partial charge in [-0.1, -0.05) is 12.1 Å². The minimum Gasteiger partial charge on any atom is -0.481 e. The number of nitrogens with two attached hydrogens (primary N) is 1. The van der Waals surface area contributed by atoms with Crippen molar-refractivity contribution in [3.05, 3.63) is 29.8 Å². The van der Waals surface area contributed by atoms with Gasteiger partial charge in [0.1, 0.15) is 5.75 Å². The van der Waals surface area contributed by atoms with Gasteiger partial charge < -0.3 is 15.8 Å². The molecule has 6 nitrogen and oxygen atoms in total. The van der Waals surface area contributed by atoms with Gasteiger partial charge in [-0.2, -0.15) is 0 Å². The van der Waals surface area contributed by atoms with E-state index in [1.807, 2.05) is 17.4 Å². The SMILES string of the molecule is CC(Oc1ccc(CNC2CC2)cc1)C(=O)NC(N)=O. The van der Waals surface area contributed by atoms with E-state index in [2.05, 4.69) is 5.32 Å². The summed E-state index contributed by atoms with van der Waals surface area (Å²) in [4.78, 5) is 22.0. The van der Waals surface area contributed by atoms with Gasteiger partial charge in [0.2, 0.25) is 0 Å². The number of carbonyl (C=O) groups excluding carboxylic acids is 2. The Kier molecular flexibility index (Phi) is 4.57. The van der Waals surface area contributed by atoms with E-state index in [-0.39, 0.29) is 0 Å². The molecule has 2 rings (SSSR count). The lowest BCUT2D eigenvalue weighted by atomic mass is 10.2. The Bertz CT molecular complexity index is 483. The third-order valence-electron chi connectivity index (χ3n) is 3.02. The Morgan fingerprint density at radius 2 is 2.00 bits per heavy atom. The highest BCUT2D eigenvalue weighted by Crippen LogP contribution is 2.20. The average molecular weight is 277 g/mol. The van der Waals surface area contributed by atoms with E-state index in [4.69, 9.17) is 10.5 Å². The Labute approximate surface area is 117 Å². The summed E-state index contributed by atoms with van der Waals surface area (Å²) in [6, 6.07) is 7.29. The van der Waals surface area contributed by atoms with Crippen molar-refractivity contribution in [1.82, 2.24) is 10.6 Å². The van der Waals surface area contributed by atoms with Crippen LogP contribution in [-0.2, 0) is 11.3 Å². The molecule has 1 fully saturated rings. The monoisotopic (exact) mass is 277 g/mol. The van der Waals surface area contributed by atoms with Gasteiger partial charge in [-0.05, 0) is 37.5 Å². The molecule has 1 saturated carbocycles. The standard InChI is InChI=1S/C14H19N3O3/c1-9(13(18)17-14(15)19)20-12-6-2-10(3-7-12)8-16-11-4-5-11/h2-3,6-7,9,11,16H,4-5,8H2,1H3,(H3,15,17,18,19). The zero-order valence-electron chi connectivity index (χ0n) is 11.4. The molecule has 1 aromatic carbocycles. The van der Waals surface area contributed by atoms with Crippen LogP contribution in [0.3, 0.4) is 0 Å². The molecule has 0 spiro atoms. The summed E-state index contributed by atoms with van der Waals surface area (Å²) in [5.74, 6) is 0.0178. The molecule has 1 aliphatic rings. The molecule has 108 valence electrons. The summed E-state index contributed by atoms with van der Waals surface area (Å²) in [6.45, 7) is 2.39. The lowest BCUT2D eigenvalue weighted by Gasteiger charge is -2.13. The molecule has 0 bridgehead atoms. The molecular formula is C14H19N3O3. The highest BCUT2D eigenvalue weighted by atomic mass is 16.5. The van der Waals surface area contributed by atoms with Crippen LogP contribution in [0.15, 0.2) is 24.3 Å². The second-order valence-corrected chi connectivity index (χ2v) is 4.91. The second-order valence-electron chi connectivity index (χ2n) is 4.91. The van der Waals surface area contributed by atoms with Crippen molar-refractivity contribution in [2.75, 3.05) is 0 Å². The number of nitrogens with one attached hydrogen (secondary N) is 2. The molecule has 20 heavy (non-hydrogen) atoms. The van der Waals surface area contributed by atoms with E-state index in [1.165, 1.54) is 18.4 Å². The molecule has 1 atom stereocenters. The Morgan fingerprint density at radius 3 is 2.55 bits per heavy atom. The maximum Gasteiger partial charge on any atom is 0.318 e. The molecule has 3 amide bonds. The fourth-order valence-corrected chi connectivity index (χ4v) is 1.72. The van der Waals surface area contributed by atoms with Crippen LogP contribution in [0, 0.1) is 0 Å². The van der Waals surface area contributed by atoms with Crippen LogP contribution in [0.1, 0.15) is 25.3 Å². The number of primary amides is 1. The summed E-state index contributed by atoms with van der Waals surface area (Å²) in [5.41, 5.74) is 6.04. The number of ether oxygens (including phenoxy) is 1. The van der Waals surface area contributed by atoms with E-state index in [0.717, 1.165) is 6.54 Å². The number of hydrogen-bond donors (Lipinski definition) is 3. The summed E-state index contributed by atoms with van der Waals surface area (Å²) < 4.78 is 5.43. The highest BCUT2D eigenvalue weighted by molar-refractivity contribution is 5.95. The van der Waals surface area contributed by atoms with Crippen molar-refractivity contribution in [2.24, 2.45) is 5.73 Å². The topological polar surface area (TPSA) is 93.4 Å². The maximum absolute atomic E-state index is 11.5. The van der Waals surface area contributed by atoms with Gasteiger partial charge in [-0.25, -0.2) is 4.79 Å². The fraction of sp³-hybridized carbons (Fsp3) is 0.429. The largest absolute Gasteiger partial charge is 0.481 e. The van der Waals surface area contributed by atoms with Crippen molar-refractivity contribution < 1.29 is 14.3 Å². The summed E-state index contributed by atoms with van der Waals surface area (Å²) in [7, 11) is 0. The van der Waals surface area contributed by atoms with Gasteiger partial charge in [0, 0.05) is 12.6 Å². The van der Waals surface area contributed by atoms with Crippen LogP contribution in [0.25, 0.3) is 0 Å². The number of hydrogen-bond acceptors (Lipinski definition) is 4. The van der Waals surface area contributed by atoms with Crippen LogP contribution in [0.5, 0.6) is 5.75 Å². The van der Waals surface area contributed by atoms with E-state index < -0.39 is 18.0 Å². The first-order chi connectivity index (χ1) is 9.54. The quantitative estimate of drug-likeness (QED) is 0.720. The van der Waals surface area contributed by atoms with Crippen LogP contribution >= 0.6 is 0 Å². The molecule has 1 aromatic rings. The highest BCUT2D eigenvalue weighted by Gasteiger charge is 2.20. The number of carbonyl (C=O) groups is 2. The normalized spacial score (nSPS) is 15.4. The van der Waals surface area contributed by atoms with E-state index in [0.29, 0.717) is 11.8 Å². The number of benzene rings is 1. The number of rotatable bonds is 6. The molecular weight excluding hydrogens is 258 g/mol. The third-order valence-corrected chi connectivity index (χ3v) is 3.02. The molecule has 0 aliphatic heterocycles. The van der Waals surface area contributed by atoms with Gasteiger partial charge in [-0.15, -0.1) is 0 Å². The molecule has 0 saturated heterocycles. The predicted molar refractivity (Wildman–Crippen MR) is 74.1 cm³/mol. The van der Waals surface area contributed by atoms with Gasteiger partial charge in [-0.3, -0.25) is 10.1 Å². The summed E-state index contributed by atoms with van der Waals surface area (Å²) >= 11 is 0. The minimum atomic E-state index is -0.882. The van der Waals surface area contributed by atoms with Crippen LogP contribution in [0.4, 0.5) is 4.79 Å². The lowest BCUT2D eigenvalue weighted by molar-refractivity contribution is -0.126. The molecule has 0 heterocycles. The van der Waals surface area contributed by atoms with Crippen LogP contribution < -0.4 is 21.1 Å². The van der Waals surface area contributed by atoms with Crippen molar-refractivity contribution in [3.8, 4) is 5.75 Å². The van der Waals surface area contributed by atoms with Crippen molar-refractivity contribution in [1.29, 1.82) is 0 Å². The fourth-order valence-electron chi connectivity index (χ4n) is 1.72. The zero-order valence-corrected chi connectivity index (χ0v) is 11.4. The first-order valence-corrected chi connectivity index (χ1v) is 6.64. The average Bonchev–Trinajstić information content (AvgIpc) is 3.21. The van der Waals surface area contributed by atoms with Crippen molar-refractivity contribution in [3.63, 3.8) is 0 Å². The van der Waals surface area contributed by atoms with Crippen molar-refractivity contribution >= 4 is 11.9 Å². The van der Waals surface area contributed by atoms with Crippen LogP contribution in [0.2, 0.25) is 0 Å². The number of urea groups is 1.